The fraction of sp³-hybridized carbons (Fsp3) is 0.700. The van der Waals surface area contributed by atoms with Crippen LogP contribution in [0.5, 0.6) is 0 Å². The summed E-state index contributed by atoms with van der Waals surface area (Å²) in [7, 11) is 3.46. The topological polar surface area (TPSA) is 63.4 Å². The highest BCUT2D eigenvalue weighted by molar-refractivity contribution is 5.95. The van der Waals surface area contributed by atoms with Gasteiger partial charge in [-0.05, 0) is 11.8 Å². The Morgan fingerprint density at radius 1 is 1.33 bits per heavy atom. The first-order valence-corrected chi connectivity index (χ1v) is 4.83. The number of nitrogens with zero attached hydrogens (tertiary/aromatic N) is 2. The maximum atomic E-state index is 11.6. The Labute approximate surface area is 88.9 Å². The summed E-state index contributed by atoms with van der Waals surface area (Å²) in [6.07, 6.45) is 0.822. The average Bonchev–Trinajstić information content (AvgIpc) is 1.99. The fourth-order valence-electron chi connectivity index (χ4n) is 1.86. The van der Waals surface area contributed by atoms with E-state index < -0.39 is 4.92 Å². The summed E-state index contributed by atoms with van der Waals surface area (Å²) in [4.78, 5) is 23.5. The van der Waals surface area contributed by atoms with Crippen LogP contribution in [0.15, 0.2) is 11.4 Å². The molecule has 1 rings (SSSR count). The van der Waals surface area contributed by atoms with E-state index in [1.54, 1.807) is 19.0 Å². The number of carbonyl (C=O) groups excluding carboxylic acids is 1. The van der Waals surface area contributed by atoms with Crippen molar-refractivity contribution in [1.29, 1.82) is 0 Å². The molecule has 0 spiro atoms. The summed E-state index contributed by atoms with van der Waals surface area (Å²) in [5.74, 6) is -0.361. The van der Waals surface area contributed by atoms with E-state index in [1.807, 2.05) is 13.8 Å². The van der Waals surface area contributed by atoms with Gasteiger partial charge in [0.05, 0.1) is 10.6 Å². The molecular weight excluding hydrogens is 196 g/mol. The zero-order valence-corrected chi connectivity index (χ0v) is 9.53. The minimum atomic E-state index is -0.563. The van der Waals surface area contributed by atoms with Gasteiger partial charge in [-0.3, -0.25) is 14.9 Å². The second-order valence-electron chi connectivity index (χ2n) is 4.89. The van der Waals surface area contributed by atoms with E-state index in [0.717, 1.165) is 0 Å². The molecule has 15 heavy (non-hydrogen) atoms. The molecule has 0 heterocycles. The molecule has 5 nitrogen and oxygen atoms in total. The van der Waals surface area contributed by atoms with Crippen LogP contribution in [0.1, 0.15) is 26.7 Å². The highest BCUT2D eigenvalue weighted by atomic mass is 16.6. The third kappa shape index (κ3) is 2.34. The van der Waals surface area contributed by atoms with Gasteiger partial charge in [-0.2, -0.15) is 0 Å². The SMILES string of the molecule is CN(C)C1=C([N+](=O)[O-])C(=O)CC(C)(C)C1. The lowest BCUT2D eigenvalue weighted by Gasteiger charge is -2.31. The Hall–Kier alpha value is -1.39. The van der Waals surface area contributed by atoms with E-state index in [1.165, 1.54) is 0 Å². The maximum absolute atomic E-state index is 11.6. The minimum absolute atomic E-state index is 0.184. The maximum Gasteiger partial charge on any atom is 0.330 e. The van der Waals surface area contributed by atoms with Crippen LogP contribution in [0, 0.1) is 15.5 Å². The second kappa shape index (κ2) is 3.64. The number of Topliss-reactive ketones (excluding diaryl/α,β-unsaturated/α-hetero) is 1. The van der Waals surface area contributed by atoms with Crippen LogP contribution < -0.4 is 0 Å². The third-order valence-corrected chi connectivity index (χ3v) is 2.54. The highest BCUT2D eigenvalue weighted by Gasteiger charge is 2.40. The molecule has 1 aliphatic carbocycles. The van der Waals surface area contributed by atoms with Crippen LogP contribution in [-0.2, 0) is 4.79 Å². The summed E-state index contributed by atoms with van der Waals surface area (Å²) in [6.45, 7) is 3.90. The van der Waals surface area contributed by atoms with Crippen molar-refractivity contribution in [3.8, 4) is 0 Å². The van der Waals surface area contributed by atoms with E-state index in [-0.39, 0.29) is 23.3 Å². The molecule has 0 fully saturated rings. The first-order chi connectivity index (χ1) is 6.74. The van der Waals surface area contributed by atoms with E-state index in [0.29, 0.717) is 12.1 Å². The fourth-order valence-corrected chi connectivity index (χ4v) is 1.86. The molecule has 0 aliphatic heterocycles. The molecule has 0 bridgehead atoms. The number of allylic oxidation sites excluding steroid dienone is 2. The van der Waals surface area contributed by atoms with Crippen molar-refractivity contribution in [3.05, 3.63) is 21.5 Å². The van der Waals surface area contributed by atoms with Gasteiger partial charge < -0.3 is 4.90 Å². The number of hydrogen-bond donors (Lipinski definition) is 0. The Kier molecular flexibility index (Phi) is 2.83. The number of nitro groups is 1. The Morgan fingerprint density at radius 3 is 2.27 bits per heavy atom. The van der Waals surface area contributed by atoms with E-state index in [9.17, 15) is 14.9 Å². The molecule has 0 N–H and O–H groups in total. The summed E-state index contributed by atoms with van der Waals surface area (Å²) < 4.78 is 0. The Balaban J connectivity index is 3.23. The first-order valence-electron chi connectivity index (χ1n) is 4.83. The van der Waals surface area contributed by atoms with Gasteiger partial charge in [-0.15, -0.1) is 0 Å². The van der Waals surface area contributed by atoms with Crippen LogP contribution >= 0.6 is 0 Å². The lowest BCUT2D eigenvalue weighted by atomic mass is 9.77. The molecular formula is C10H16N2O3. The summed E-state index contributed by atoms with van der Waals surface area (Å²) >= 11 is 0. The number of rotatable bonds is 2. The van der Waals surface area contributed by atoms with Gasteiger partial charge in [-0.25, -0.2) is 0 Å². The van der Waals surface area contributed by atoms with Crippen molar-refractivity contribution >= 4 is 5.78 Å². The van der Waals surface area contributed by atoms with Crippen molar-refractivity contribution < 1.29 is 9.72 Å². The van der Waals surface area contributed by atoms with Crippen molar-refractivity contribution in [1.82, 2.24) is 4.90 Å². The molecule has 0 saturated heterocycles. The molecule has 0 saturated carbocycles. The molecule has 0 unspecified atom stereocenters. The zero-order valence-electron chi connectivity index (χ0n) is 9.53. The quantitative estimate of drug-likeness (QED) is 0.513. The zero-order chi connectivity index (χ0) is 11.8. The highest BCUT2D eigenvalue weighted by Crippen LogP contribution is 2.37. The molecule has 5 heteroatoms. The molecule has 0 radical (unpaired) electrons. The molecule has 0 aromatic heterocycles. The predicted octanol–water partition coefficient (Wildman–Crippen LogP) is 1.43. The summed E-state index contributed by atoms with van der Waals surface area (Å²) in [5.41, 5.74) is 0.108. The van der Waals surface area contributed by atoms with Crippen molar-refractivity contribution in [3.63, 3.8) is 0 Å². The Morgan fingerprint density at radius 2 is 1.87 bits per heavy atom. The third-order valence-electron chi connectivity index (χ3n) is 2.54. The van der Waals surface area contributed by atoms with Gasteiger partial charge in [0, 0.05) is 20.5 Å². The molecule has 0 aromatic carbocycles. The van der Waals surface area contributed by atoms with Gasteiger partial charge in [0.1, 0.15) is 0 Å². The molecule has 0 atom stereocenters. The van der Waals surface area contributed by atoms with Gasteiger partial charge in [0.15, 0.2) is 0 Å². The van der Waals surface area contributed by atoms with Gasteiger partial charge in [0.25, 0.3) is 0 Å². The van der Waals surface area contributed by atoms with Crippen LogP contribution in [0.4, 0.5) is 0 Å². The standard InChI is InChI=1S/C10H16N2O3/c1-10(2)5-7(11(3)4)9(12(14)15)8(13)6-10/h5-6H2,1-4H3. The lowest BCUT2D eigenvalue weighted by molar-refractivity contribution is -0.422. The van der Waals surface area contributed by atoms with E-state index in [2.05, 4.69) is 0 Å². The summed E-state index contributed by atoms with van der Waals surface area (Å²) in [6, 6.07) is 0. The average molecular weight is 212 g/mol. The van der Waals surface area contributed by atoms with Gasteiger partial charge in [-0.1, -0.05) is 13.8 Å². The number of carbonyl (C=O) groups is 1. The van der Waals surface area contributed by atoms with Crippen LogP contribution in [-0.4, -0.2) is 29.7 Å². The largest absolute Gasteiger partial charge is 0.375 e. The monoisotopic (exact) mass is 212 g/mol. The smallest absolute Gasteiger partial charge is 0.330 e. The van der Waals surface area contributed by atoms with Crippen LogP contribution in [0.3, 0.4) is 0 Å². The molecule has 84 valence electrons. The Bertz CT molecular complexity index is 343. The summed E-state index contributed by atoms with van der Waals surface area (Å²) in [5, 5.41) is 10.8. The van der Waals surface area contributed by atoms with Crippen molar-refractivity contribution in [2.45, 2.75) is 26.7 Å². The molecule has 0 aromatic rings. The van der Waals surface area contributed by atoms with E-state index >= 15 is 0 Å². The molecule has 0 amide bonds. The second-order valence-corrected chi connectivity index (χ2v) is 4.89. The van der Waals surface area contributed by atoms with Crippen molar-refractivity contribution in [2.75, 3.05) is 14.1 Å². The van der Waals surface area contributed by atoms with Crippen LogP contribution in [0.25, 0.3) is 0 Å². The number of ketones is 1. The predicted molar refractivity (Wildman–Crippen MR) is 55.7 cm³/mol. The first kappa shape index (κ1) is 11.7. The van der Waals surface area contributed by atoms with Crippen molar-refractivity contribution in [2.24, 2.45) is 5.41 Å². The van der Waals surface area contributed by atoms with Gasteiger partial charge in [0.2, 0.25) is 5.78 Å². The normalized spacial score (nSPS) is 20.4. The van der Waals surface area contributed by atoms with Gasteiger partial charge >= 0.3 is 5.70 Å². The minimum Gasteiger partial charge on any atom is -0.375 e. The molecule has 1 aliphatic rings. The van der Waals surface area contributed by atoms with E-state index in [4.69, 9.17) is 0 Å². The number of hydrogen-bond acceptors (Lipinski definition) is 4. The lowest BCUT2D eigenvalue weighted by Crippen LogP contribution is -2.33. The van der Waals surface area contributed by atoms with Crippen LogP contribution in [0.2, 0.25) is 0 Å².